The maximum absolute atomic E-state index is 10.9. The lowest BCUT2D eigenvalue weighted by molar-refractivity contribution is -0.140. The molecule has 3 heteroatoms. The average Bonchev–Trinajstić information content (AvgIpc) is 2.26. The Hall–Kier alpha value is -1.51. The molecule has 0 N–H and O–H groups in total. The van der Waals surface area contributed by atoms with Gasteiger partial charge in [-0.2, -0.15) is 0 Å². The van der Waals surface area contributed by atoms with E-state index in [1.54, 1.807) is 0 Å². The summed E-state index contributed by atoms with van der Waals surface area (Å²) in [6, 6.07) is 10.6. The van der Waals surface area contributed by atoms with Gasteiger partial charge in [0.1, 0.15) is 0 Å². The number of methoxy groups -OCH3 is 1. The van der Waals surface area contributed by atoms with Gasteiger partial charge >= 0.3 is 5.97 Å². The Morgan fingerprint density at radius 3 is 2.71 bits per heavy atom. The summed E-state index contributed by atoms with van der Waals surface area (Å²) in [5, 5.41) is 0. The van der Waals surface area contributed by atoms with Crippen LogP contribution in [-0.2, 0) is 9.53 Å². The van der Waals surface area contributed by atoms with E-state index in [4.69, 9.17) is 0 Å². The molecule has 0 spiro atoms. The van der Waals surface area contributed by atoms with Crippen LogP contribution in [-0.4, -0.2) is 26.7 Å². The quantitative estimate of drug-likeness (QED) is 0.677. The van der Waals surface area contributed by atoms with E-state index in [0.717, 1.165) is 5.69 Å². The molecule has 0 bridgehead atoms. The average molecular weight is 192 g/mol. The molecule has 1 rings (SSSR count). The van der Waals surface area contributed by atoms with Crippen molar-refractivity contribution in [2.75, 3.05) is 25.6 Å². The molecule has 3 nitrogen and oxygen atoms in total. The van der Waals surface area contributed by atoms with Crippen molar-refractivity contribution in [2.45, 2.75) is 6.42 Å². The number of carbonyl (C=O) groups excluding carboxylic acids is 1. The smallest absolute Gasteiger partial charge is 0.307 e. The lowest BCUT2D eigenvalue weighted by atomic mass is 10.3. The molecule has 0 unspecified atom stereocenters. The van der Waals surface area contributed by atoms with Crippen LogP contribution < -0.4 is 4.90 Å². The maximum Gasteiger partial charge on any atom is 0.307 e. The van der Waals surface area contributed by atoms with Crippen molar-refractivity contribution >= 4 is 11.7 Å². The monoisotopic (exact) mass is 192 g/mol. The zero-order chi connectivity index (χ0) is 10.4. The second-order valence-corrected chi connectivity index (χ2v) is 3.01. The molecule has 75 valence electrons. The number of nitrogens with zero attached hydrogens (tertiary/aromatic N) is 1. The Kier molecular flexibility index (Phi) is 3.98. The Labute approximate surface area is 84.3 Å². The molecule has 0 aliphatic carbocycles. The van der Waals surface area contributed by atoms with Crippen molar-refractivity contribution in [3.8, 4) is 0 Å². The molecule has 0 amide bonds. The third-order valence-corrected chi connectivity index (χ3v) is 2.02. The molecule has 0 atom stereocenters. The first kappa shape index (κ1) is 10.6. The van der Waals surface area contributed by atoms with E-state index >= 15 is 0 Å². The van der Waals surface area contributed by atoms with E-state index in [1.807, 2.05) is 36.2 Å². The number of esters is 1. The van der Waals surface area contributed by atoms with Gasteiger partial charge < -0.3 is 9.64 Å². The van der Waals surface area contributed by atoms with E-state index < -0.39 is 0 Å². The molecule has 0 fully saturated rings. The van der Waals surface area contributed by atoms with E-state index in [9.17, 15) is 4.79 Å². The molecule has 0 aromatic heterocycles. The fourth-order valence-electron chi connectivity index (χ4n) is 1.12. The summed E-state index contributed by atoms with van der Waals surface area (Å²) in [5.74, 6) is -0.181. The topological polar surface area (TPSA) is 29.5 Å². The zero-order valence-corrected chi connectivity index (χ0v) is 8.49. The number of anilines is 1. The van der Waals surface area contributed by atoms with Crippen molar-refractivity contribution in [1.82, 2.24) is 0 Å². The first-order valence-electron chi connectivity index (χ1n) is 4.48. The van der Waals surface area contributed by atoms with Crippen LogP contribution in [0.2, 0.25) is 0 Å². The van der Waals surface area contributed by atoms with Crippen LogP contribution in [0.15, 0.2) is 24.3 Å². The molecular formula is C11H14NO2. The molecule has 0 saturated heterocycles. The predicted octanol–water partition coefficient (Wildman–Crippen LogP) is 1.49. The van der Waals surface area contributed by atoms with Crippen molar-refractivity contribution in [3.05, 3.63) is 30.3 Å². The van der Waals surface area contributed by atoms with Gasteiger partial charge in [-0.15, -0.1) is 0 Å². The van der Waals surface area contributed by atoms with Crippen LogP contribution in [0, 0.1) is 6.07 Å². The Balaban J connectivity index is 2.43. The summed E-state index contributed by atoms with van der Waals surface area (Å²) >= 11 is 0. The van der Waals surface area contributed by atoms with Gasteiger partial charge in [0.25, 0.3) is 0 Å². The molecule has 1 aromatic rings. The second-order valence-electron chi connectivity index (χ2n) is 3.01. The Bertz CT molecular complexity index is 285. The van der Waals surface area contributed by atoms with Gasteiger partial charge in [0.05, 0.1) is 13.5 Å². The minimum atomic E-state index is -0.181. The first-order valence-corrected chi connectivity index (χ1v) is 4.48. The fraction of sp³-hybridized carbons (Fsp3) is 0.364. The fourth-order valence-corrected chi connectivity index (χ4v) is 1.12. The van der Waals surface area contributed by atoms with E-state index in [2.05, 4.69) is 10.8 Å². The summed E-state index contributed by atoms with van der Waals surface area (Å²) in [6.07, 6.45) is 0.408. The molecule has 14 heavy (non-hydrogen) atoms. The van der Waals surface area contributed by atoms with E-state index in [-0.39, 0.29) is 5.97 Å². The van der Waals surface area contributed by atoms with Gasteiger partial charge in [0, 0.05) is 19.3 Å². The molecule has 0 saturated carbocycles. The van der Waals surface area contributed by atoms with Crippen LogP contribution in [0.1, 0.15) is 6.42 Å². The second kappa shape index (κ2) is 5.27. The molecule has 0 aliphatic rings. The number of carbonyl (C=O) groups is 1. The van der Waals surface area contributed by atoms with Gasteiger partial charge in [0.2, 0.25) is 0 Å². The summed E-state index contributed by atoms with van der Waals surface area (Å²) < 4.78 is 4.56. The highest BCUT2D eigenvalue weighted by Crippen LogP contribution is 2.10. The molecule has 0 heterocycles. The maximum atomic E-state index is 10.9. The number of benzene rings is 1. The molecular weight excluding hydrogens is 178 g/mol. The third-order valence-electron chi connectivity index (χ3n) is 2.02. The van der Waals surface area contributed by atoms with Gasteiger partial charge in [-0.1, -0.05) is 12.1 Å². The number of hydrogen-bond donors (Lipinski definition) is 0. The minimum absolute atomic E-state index is 0.181. The standard InChI is InChI=1S/C11H14NO2/c1-12(9-8-11(13)14-2)10-6-4-3-5-7-10/h4-7H,8-9H2,1-2H3. The van der Waals surface area contributed by atoms with Crippen molar-refractivity contribution < 1.29 is 9.53 Å². The number of hydrogen-bond acceptors (Lipinski definition) is 3. The Morgan fingerprint density at radius 1 is 1.50 bits per heavy atom. The van der Waals surface area contributed by atoms with Crippen LogP contribution in [0.3, 0.4) is 0 Å². The highest BCUT2D eigenvalue weighted by atomic mass is 16.5. The van der Waals surface area contributed by atoms with Crippen LogP contribution >= 0.6 is 0 Å². The zero-order valence-electron chi connectivity index (χ0n) is 8.49. The van der Waals surface area contributed by atoms with Crippen molar-refractivity contribution in [1.29, 1.82) is 0 Å². The number of ether oxygens (including phenoxy) is 1. The lowest BCUT2D eigenvalue weighted by Crippen LogP contribution is -2.21. The summed E-state index contributed by atoms with van der Waals surface area (Å²) in [4.78, 5) is 12.9. The minimum Gasteiger partial charge on any atom is -0.469 e. The van der Waals surface area contributed by atoms with Crippen molar-refractivity contribution in [3.63, 3.8) is 0 Å². The van der Waals surface area contributed by atoms with Gasteiger partial charge in [-0.25, -0.2) is 0 Å². The Morgan fingerprint density at radius 2 is 2.14 bits per heavy atom. The SMILES string of the molecule is COC(=O)CCN(C)c1cc[c]cc1. The third kappa shape index (κ3) is 3.09. The highest BCUT2D eigenvalue weighted by molar-refractivity contribution is 5.70. The van der Waals surface area contributed by atoms with Gasteiger partial charge in [0.15, 0.2) is 0 Å². The lowest BCUT2D eigenvalue weighted by Gasteiger charge is -2.18. The van der Waals surface area contributed by atoms with Crippen molar-refractivity contribution in [2.24, 2.45) is 0 Å². The van der Waals surface area contributed by atoms with E-state index in [1.165, 1.54) is 7.11 Å². The molecule has 1 radical (unpaired) electrons. The highest BCUT2D eigenvalue weighted by Gasteiger charge is 2.04. The van der Waals surface area contributed by atoms with Crippen LogP contribution in [0.4, 0.5) is 5.69 Å². The summed E-state index contributed by atoms with van der Waals surface area (Å²) in [7, 11) is 3.35. The van der Waals surface area contributed by atoms with Crippen LogP contribution in [0.25, 0.3) is 0 Å². The largest absolute Gasteiger partial charge is 0.469 e. The van der Waals surface area contributed by atoms with Gasteiger partial charge in [-0.3, -0.25) is 4.79 Å². The first-order chi connectivity index (χ1) is 6.74. The molecule has 1 aromatic carbocycles. The van der Waals surface area contributed by atoms with E-state index in [0.29, 0.717) is 13.0 Å². The van der Waals surface area contributed by atoms with Gasteiger partial charge in [-0.05, 0) is 18.2 Å². The predicted molar refractivity (Wildman–Crippen MR) is 55.2 cm³/mol. The van der Waals surface area contributed by atoms with Crippen LogP contribution in [0.5, 0.6) is 0 Å². The summed E-state index contributed by atoms with van der Waals surface area (Å²) in [5.41, 5.74) is 1.08. The normalized spacial score (nSPS) is 9.57. The summed E-state index contributed by atoms with van der Waals surface area (Å²) in [6.45, 7) is 0.663. The number of rotatable bonds is 4. The molecule has 0 aliphatic heterocycles.